The Labute approximate surface area is 149 Å². The van der Waals surface area contributed by atoms with Crippen LogP contribution in [0, 0.1) is 0 Å². The Balaban J connectivity index is 2.33. The molecule has 1 amide bonds. The second kappa shape index (κ2) is 7.61. The van der Waals surface area contributed by atoms with E-state index < -0.39 is 11.9 Å². The molecule has 0 spiro atoms. The molecule has 4 N–H and O–H groups in total. The lowest BCUT2D eigenvalue weighted by atomic mass is 10.2. The third-order valence-electron chi connectivity index (χ3n) is 3.46. The number of aliphatic hydroxyl groups is 1. The summed E-state index contributed by atoms with van der Waals surface area (Å²) in [5.41, 5.74) is 6.84. The Kier molecular flexibility index (Phi) is 5.76. The van der Waals surface area contributed by atoms with Crippen molar-refractivity contribution in [2.75, 3.05) is 32.1 Å². The lowest BCUT2D eigenvalue weighted by Crippen LogP contribution is -2.31. The average Bonchev–Trinajstić information content (AvgIpc) is 2.84. The minimum Gasteiger partial charge on any atom is -0.466 e. The molecule has 0 fully saturated rings. The molecular weight excluding hydrogens is 354 g/mol. The number of halogens is 1. The van der Waals surface area contributed by atoms with Crippen molar-refractivity contribution in [2.24, 2.45) is 5.73 Å². The van der Waals surface area contributed by atoms with Crippen molar-refractivity contribution in [1.29, 1.82) is 0 Å². The van der Waals surface area contributed by atoms with Crippen molar-refractivity contribution in [2.45, 2.75) is 0 Å². The van der Waals surface area contributed by atoms with E-state index in [-0.39, 0.29) is 36.0 Å². The van der Waals surface area contributed by atoms with Gasteiger partial charge in [0.1, 0.15) is 10.7 Å². The van der Waals surface area contributed by atoms with Gasteiger partial charge in [-0.1, -0.05) is 23.8 Å². The standard InChI is InChI=1S/C15H16ClN3O4S/c1-23-15(22)10-7-19(4-5-20)14(21)12(10)18-8-2-3-9(13(17)24)11(16)6-8/h2-3,6,18,20H,4-5,7H2,1H3,(H2,17,24). The van der Waals surface area contributed by atoms with Crippen molar-refractivity contribution >= 4 is 46.4 Å². The lowest BCUT2D eigenvalue weighted by molar-refractivity contribution is -0.136. The Bertz CT molecular complexity index is 735. The first-order valence-corrected chi connectivity index (χ1v) is 7.75. The van der Waals surface area contributed by atoms with Gasteiger partial charge in [0.25, 0.3) is 5.91 Å². The molecule has 128 valence electrons. The fraction of sp³-hybridized carbons (Fsp3) is 0.267. The molecule has 0 radical (unpaired) electrons. The van der Waals surface area contributed by atoms with Crippen LogP contribution in [0.5, 0.6) is 0 Å². The summed E-state index contributed by atoms with van der Waals surface area (Å²) in [6.07, 6.45) is 0. The zero-order chi connectivity index (χ0) is 17.9. The first-order valence-electron chi connectivity index (χ1n) is 6.97. The predicted molar refractivity (Wildman–Crippen MR) is 93.7 cm³/mol. The number of aliphatic hydroxyl groups excluding tert-OH is 1. The molecule has 7 nitrogen and oxygen atoms in total. The van der Waals surface area contributed by atoms with Crippen molar-refractivity contribution in [1.82, 2.24) is 4.90 Å². The van der Waals surface area contributed by atoms with Crippen LogP contribution in [-0.4, -0.2) is 53.7 Å². The number of β-amino-alcohol motifs (C(OH)–C–C–N with tert-alkyl or cyclic N) is 1. The van der Waals surface area contributed by atoms with Crippen molar-refractivity contribution < 1.29 is 19.4 Å². The lowest BCUT2D eigenvalue weighted by Gasteiger charge is -2.15. The second-order valence-electron chi connectivity index (χ2n) is 4.98. The third kappa shape index (κ3) is 3.66. The van der Waals surface area contributed by atoms with E-state index in [0.717, 1.165) is 0 Å². The molecule has 0 saturated carbocycles. The Hall–Kier alpha value is -2.16. The van der Waals surface area contributed by atoms with Crippen LogP contribution >= 0.6 is 23.8 Å². The Morgan fingerprint density at radius 3 is 2.79 bits per heavy atom. The second-order valence-corrected chi connectivity index (χ2v) is 5.83. The summed E-state index contributed by atoms with van der Waals surface area (Å²) in [7, 11) is 1.24. The molecule has 9 heteroatoms. The number of ether oxygens (including phenoxy) is 1. The number of methoxy groups -OCH3 is 1. The maximum atomic E-state index is 12.4. The number of nitrogens with two attached hydrogens (primary N) is 1. The number of carbonyl (C=O) groups is 2. The van der Waals surface area contributed by atoms with E-state index in [1.807, 2.05) is 0 Å². The molecule has 1 aliphatic rings. The summed E-state index contributed by atoms with van der Waals surface area (Å²) >= 11 is 11.0. The topological polar surface area (TPSA) is 105 Å². The maximum Gasteiger partial charge on any atom is 0.337 e. The highest BCUT2D eigenvalue weighted by Gasteiger charge is 2.34. The van der Waals surface area contributed by atoms with Gasteiger partial charge in [-0.3, -0.25) is 4.79 Å². The van der Waals surface area contributed by atoms with Gasteiger partial charge in [-0.05, 0) is 18.2 Å². The predicted octanol–water partition coefficient (Wildman–Crippen LogP) is 0.648. The smallest absolute Gasteiger partial charge is 0.337 e. The SMILES string of the molecule is COC(=O)C1=C(Nc2ccc(C(N)=S)c(Cl)c2)C(=O)N(CCO)C1. The molecule has 24 heavy (non-hydrogen) atoms. The number of rotatable bonds is 6. The van der Waals surface area contributed by atoms with Gasteiger partial charge in [-0.2, -0.15) is 0 Å². The van der Waals surface area contributed by atoms with Gasteiger partial charge in [-0.25, -0.2) is 4.79 Å². The summed E-state index contributed by atoms with van der Waals surface area (Å²) < 4.78 is 4.71. The van der Waals surface area contributed by atoms with Crippen molar-refractivity contribution in [3.05, 3.63) is 40.1 Å². The maximum absolute atomic E-state index is 12.4. The highest BCUT2D eigenvalue weighted by molar-refractivity contribution is 7.80. The van der Waals surface area contributed by atoms with Gasteiger partial charge in [-0.15, -0.1) is 0 Å². The van der Waals surface area contributed by atoms with E-state index in [1.165, 1.54) is 12.0 Å². The van der Waals surface area contributed by atoms with Crippen molar-refractivity contribution in [3.63, 3.8) is 0 Å². The van der Waals surface area contributed by atoms with Gasteiger partial charge < -0.3 is 25.8 Å². The van der Waals surface area contributed by atoms with Gasteiger partial charge in [0, 0.05) is 17.8 Å². The first kappa shape index (κ1) is 18.2. The number of hydrogen-bond donors (Lipinski definition) is 3. The molecule has 2 rings (SSSR count). The van der Waals surface area contributed by atoms with Gasteiger partial charge in [0.2, 0.25) is 0 Å². The quantitative estimate of drug-likeness (QED) is 0.499. The fourth-order valence-corrected chi connectivity index (χ4v) is 2.80. The summed E-state index contributed by atoms with van der Waals surface area (Å²) in [6, 6.07) is 4.82. The zero-order valence-corrected chi connectivity index (χ0v) is 14.4. The molecule has 0 aromatic heterocycles. The number of thiocarbonyl (C=S) groups is 1. The summed E-state index contributed by atoms with van der Waals surface area (Å²) in [5, 5.41) is 12.2. The molecule has 0 unspecified atom stereocenters. The number of anilines is 1. The molecule has 1 aromatic rings. The van der Waals surface area contributed by atoms with Crippen LogP contribution in [0.2, 0.25) is 5.02 Å². The largest absolute Gasteiger partial charge is 0.466 e. The van der Waals surface area contributed by atoms with Crippen molar-refractivity contribution in [3.8, 4) is 0 Å². The molecule has 1 aliphatic heterocycles. The molecule has 1 heterocycles. The molecule has 1 aromatic carbocycles. The van der Waals surface area contributed by atoms with Gasteiger partial charge in [0.15, 0.2) is 0 Å². The number of esters is 1. The van der Waals surface area contributed by atoms with Crippen LogP contribution in [0.25, 0.3) is 0 Å². The average molecular weight is 370 g/mol. The van der Waals surface area contributed by atoms with Crippen LogP contribution in [0.15, 0.2) is 29.5 Å². The Morgan fingerprint density at radius 2 is 2.25 bits per heavy atom. The van der Waals surface area contributed by atoms with Crippen LogP contribution < -0.4 is 11.1 Å². The number of benzene rings is 1. The van der Waals surface area contributed by atoms with E-state index in [9.17, 15) is 9.59 Å². The summed E-state index contributed by atoms with van der Waals surface area (Å²) in [5.74, 6) is -1.02. The normalized spacial score (nSPS) is 14.1. The van der Waals surface area contributed by atoms with E-state index in [2.05, 4.69) is 5.32 Å². The third-order valence-corrected chi connectivity index (χ3v) is 3.99. The van der Waals surface area contributed by atoms with Crippen LogP contribution in [0.3, 0.4) is 0 Å². The number of amides is 1. The van der Waals surface area contributed by atoms with E-state index in [1.54, 1.807) is 18.2 Å². The van der Waals surface area contributed by atoms with E-state index in [0.29, 0.717) is 16.3 Å². The molecule has 0 atom stereocenters. The van der Waals surface area contributed by atoms with Gasteiger partial charge >= 0.3 is 5.97 Å². The van der Waals surface area contributed by atoms with Crippen LogP contribution in [0.1, 0.15) is 5.56 Å². The number of carbonyl (C=O) groups excluding carboxylic acids is 2. The number of hydrogen-bond acceptors (Lipinski definition) is 6. The number of nitrogens with zero attached hydrogens (tertiary/aromatic N) is 1. The van der Waals surface area contributed by atoms with Crippen LogP contribution in [-0.2, 0) is 14.3 Å². The minimum atomic E-state index is -0.614. The van der Waals surface area contributed by atoms with Crippen LogP contribution in [0.4, 0.5) is 5.69 Å². The van der Waals surface area contributed by atoms with E-state index in [4.69, 9.17) is 39.4 Å². The Morgan fingerprint density at radius 1 is 1.54 bits per heavy atom. The molecule has 0 aliphatic carbocycles. The molecular formula is C15H16ClN3O4S. The fourth-order valence-electron chi connectivity index (χ4n) is 2.29. The highest BCUT2D eigenvalue weighted by Crippen LogP contribution is 2.26. The summed E-state index contributed by atoms with van der Waals surface area (Å²) in [6.45, 7) is -0.0271. The number of nitrogens with one attached hydrogen (secondary N) is 1. The molecule has 0 saturated heterocycles. The molecule has 0 bridgehead atoms. The van der Waals surface area contributed by atoms with E-state index >= 15 is 0 Å². The first-order chi connectivity index (χ1) is 11.4. The van der Waals surface area contributed by atoms with Gasteiger partial charge in [0.05, 0.1) is 30.9 Å². The zero-order valence-electron chi connectivity index (χ0n) is 12.8. The summed E-state index contributed by atoms with van der Waals surface area (Å²) in [4.78, 5) is 25.8. The highest BCUT2D eigenvalue weighted by atomic mass is 35.5. The monoisotopic (exact) mass is 369 g/mol. The minimum absolute atomic E-state index is 0.0626.